The van der Waals surface area contributed by atoms with Gasteiger partial charge in [-0.2, -0.15) is 8.42 Å². The summed E-state index contributed by atoms with van der Waals surface area (Å²) in [6, 6.07) is 0. The van der Waals surface area contributed by atoms with E-state index < -0.39 is 21.1 Å². The molecule has 0 atom stereocenters. The number of rotatable bonds is 2. The quantitative estimate of drug-likeness (QED) is 0.495. The summed E-state index contributed by atoms with van der Waals surface area (Å²) in [6.07, 6.45) is 1.40. The van der Waals surface area contributed by atoms with Gasteiger partial charge in [-0.3, -0.25) is 4.79 Å². The highest BCUT2D eigenvalue weighted by Gasteiger charge is 2.14. The molecule has 1 heterocycles. The zero-order chi connectivity index (χ0) is 9.14. The molecule has 0 aliphatic rings. The van der Waals surface area contributed by atoms with Crippen LogP contribution in [-0.4, -0.2) is 24.2 Å². The lowest BCUT2D eigenvalue weighted by Gasteiger charge is -1.88. The van der Waals surface area contributed by atoms with Gasteiger partial charge in [0.15, 0.2) is 4.86 Å². The zero-order valence-electron chi connectivity index (χ0n) is 5.72. The standard InChI is InChI=1S/C5H4N2O3S2/c6-4(8)3(12(9)10)5-7-1-2-11-5/h1-2H,(H2,6,8). The minimum atomic E-state index is -2.62. The maximum absolute atomic E-state index is 10.6. The lowest BCUT2D eigenvalue weighted by Crippen LogP contribution is -2.24. The number of hydrogen-bond donors (Lipinski definition) is 1. The third kappa shape index (κ3) is 1.69. The predicted molar refractivity (Wildman–Crippen MR) is 44.3 cm³/mol. The van der Waals surface area contributed by atoms with Crippen molar-refractivity contribution in [2.45, 2.75) is 0 Å². The molecule has 0 unspecified atom stereocenters. The molecule has 0 saturated heterocycles. The van der Waals surface area contributed by atoms with Crippen molar-refractivity contribution >= 4 is 32.4 Å². The first-order valence-electron chi connectivity index (χ1n) is 2.79. The monoisotopic (exact) mass is 204 g/mol. The Bertz CT molecular complexity index is 410. The van der Waals surface area contributed by atoms with E-state index >= 15 is 0 Å². The molecule has 1 amide bonds. The third-order valence-corrected chi connectivity index (χ3v) is 2.66. The van der Waals surface area contributed by atoms with Gasteiger partial charge in [-0.05, 0) is 0 Å². The molecule has 5 nitrogen and oxygen atoms in total. The van der Waals surface area contributed by atoms with Crippen molar-refractivity contribution in [2.75, 3.05) is 0 Å². The number of carbonyl (C=O) groups is 1. The second-order valence-electron chi connectivity index (χ2n) is 1.77. The number of amides is 1. The summed E-state index contributed by atoms with van der Waals surface area (Å²) in [5.74, 6) is -0.988. The van der Waals surface area contributed by atoms with E-state index in [2.05, 4.69) is 4.98 Å². The van der Waals surface area contributed by atoms with Gasteiger partial charge in [-0.25, -0.2) is 4.98 Å². The van der Waals surface area contributed by atoms with Crippen LogP contribution in [0.2, 0.25) is 0 Å². The van der Waals surface area contributed by atoms with Crippen molar-refractivity contribution < 1.29 is 13.2 Å². The van der Waals surface area contributed by atoms with Crippen LogP contribution < -0.4 is 5.73 Å². The molecule has 1 aromatic heterocycles. The summed E-state index contributed by atoms with van der Waals surface area (Å²) >= 11 is 1.05. The Kier molecular flexibility index (Phi) is 2.56. The number of nitrogens with two attached hydrogens (primary N) is 1. The van der Waals surface area contributed by atoms with Gasteiger partial charge in [-0.15, -0.1) is 11.3 Å². The second-order valence-corrected chi connectivity index (χ2v) is 3.54. The number of carbonyl (C=O) groups excluding carboxylic acids is 1. The largest absolute Gasteiger partial charge is 0.365 e. The lowest BCUT2D eigenvalue weighted by molar-refractivity contribution is -0.111. The molecule has 7 heteroatoms. The first-order valence-corrected chi connectivity index (χ1v) is 4.74. The van der Waals surface area contributed by atoms with Crippen molar-refractivity contribution in [3.05, 3.63) is 16.6 Å². The predicted octanol–water partition coefficient (Wildman–Crippen LogP) is -0.972. The first kappa shape index (κ1) is 8.88. The summed E-state index contributed by atoms with van der Waals surface area (Å²) in [5.41, 5.74) is 4.83. The van der Waals surface area contributed by atoms with Gasteiger partial charge in [-0.1, -0.05) is 0 Å². The maximum Gasteiger partial charge on any atom is 0.267 e. The summed E-state index contributed by atoms with van der Waals surface area (Å²) in [4.78, 5) is 13.8. The number of nitrogens with zero attached hydrogens (tertiary/aromatic N) is 1. The van der Waals surface area contributed by atoms with Crippen LogP contribution in [0.4, 0.5) is 0 Å². The zero-order valence-corrected chi connectivity index (χ0v) is 7.35. The van der Waals surface area contributed by atoms with E-state index in [1.165, 1.54) is 6.20 Å². The maximum atomic E-state index is 10.6. The Balaban J connectivity index is 3.35. The van der Waals surface area contributed by atoms with Gasteiger partial charge in [0, 0.05) is 11.6 Å². The number of aromatic nitrogens is 1. The van der Waals surface area contributed by atoms with Crippen molar-refractivity contribution in [2.24, 2.45) is 5.73 Å². The lowest BCUT2D eigenvalue weighted by atomic mass is 10.4. The first-order chi connectivity index (χ1) is 5.63. The average molecular weight is 204 g/mol. The Labute approximate surface area is 73.4 Å². The Morgan fingerprint density at radius 3 is 2.58 bits per heavy atom. The van der Waals surface area contributed by atoms with Crippen molar-refractivity contribution in [1.29, 1.82) is 0 Å². The van der Waals surface area contributed by atoms with Crippen LogP contribution in [0.1, 0.15) is 5.01 Å². The molecule has 0 bridgehead atoms. The Morgan fingerprint density at radius 2 is 2.25 bits per heavy atom. The van der Waals surface area contributed by atoms with Gasteiger partial charge in [0.25, 0.3) is 5.91 Å². The van der Waals surface area contributed by atoms with E-state index in [1.54, 1.807) is 5.38 Å². The molecule has 0 aromatic carbocycles. The van der Waals surface area contributed by atoms with Crippen LogP contribution in [0.15, 0.2) is 11.6 Å². The Morgan fingerprint density at radius 1 is 1.58 bits per heavy atom. The molecule has 0 aliphatic heterocycles. The fraction of sp³-hybridized carbons (Fsp3) is 0. The van der Waals surface area contributed by atoms with Crippen LogP contribution in [0.5, 0.6) is 0 Å². The van der Waals surface area contributed by atoms with Crippen LogP contribution in [0.3, 0.4) is 0 Å². The van der Waals surface area contributed by atoms with E-state index in [4.69, 9.17) is 5.73 Å². The smallest absolute Gasteiger partial charge is 0.267 e. The highest BCUT2D eigenvalue weighted by molar-refractivity contribution is 7.75. The van der Waals surface area contributed by atoms with Gasteiger partial charge in [0.1, 0.15) is 5.01 Å². The molecule has 0 spiro atoms. The molecule has 12 heavy (non-hydrogen) atoms. The molecule has 1 aromatic rings. The molecular formula is C5H4N2O3S2. The molecule has 2 N–H and O–H groups in total. The van der Waals surface area contributed by atoms with E-state index in [0.29, 0.717) is 0 Å². The summed E-state index contributed by atoms with van der Waals surface area (Å²) in [6.45, 7) is 0. The second kappa shape index (κ2) is 3.46. The van der Waals surface area contributed by atoms with E-state index in [9.17, 15) is 13.2 Å². The number of hydrogen-bond acceptors (Lipinski definition) is 5. The van der Waals surface area contributed by atoms with E-state index in [-0.39, 0.29) is 5.01 Å². The van der Waals surface area contributed by atoms with Crippen molar-refractivity contribution in [3.63, 3.8) is 0 Å². The topological polar surface area (TPSA) is 90.1 Å². The van der Waals surface area contributed by atoms with E-state index in [1.807, 2.05) is 0 Å². The fourth-order valence-corrected chi connectivity index (χ4v) is 1.88. The normalized spacial score (nSPS) is 9.33. The van der Waals surface area contributed by atoms with Gasteiger partial charge in [0.2, 0.25) is 10.3 Å². The van der Waals surface area contributed by atoms with Crippen LogP contribution >= 0.6 is 11.3 Å². The van der Waals surface area contributed by atoms with Crippen molar-refractivity contribution in [1.82, 2.24) is 4.98 Å². The molecule has 0 saturated carbocycles. The van der Waals surface area contributed by atoms with Crippen LogP contribution in [-0.2, 0) is 15.1 Å². The molecule has 0 radical (unpaired) electrons. The average Bonchev–Trinajstić information content (AvgIpc) is 2.37. The number of thiazole rings is 1. The third-order valence-electron chi connectivity index (χ3n) is 1.02. The summed E-state index contributed by atoms with van der Waals surface area (Å²) in [5, 5.41) is 1.68. The molecule has 1 rings (SSSR count). The van der Waals surface area contributed by atoms with Gasteiger partial charge < -0.3 is 5.73 Å². The minimum Gasteiger partial charge on any atom is -0.365 e. The van der Waals surface area contributed by atoms with Gasteiger partial charge in [0.05, 0.1) is 0 Å². The molecule has 0 fully saturated rings. The van der Waals surface area contributed by atoms with Crippen molar-refractivity contribution in [3.8, 4) is 0 Å². The summed E-state index contributed by atoms with van der Waals surface area (Å²) < 4.78 is 20.9. The highest BCUT2D eigenvalue weighted by Crippen LogP contribution is 2.04. The van der Waals surface area contributed by atoms with Gasteiger partial charge >= 0.3 is 0 Å². The molecule has 64 valence electrons. The van der Waals surface area contributed by atoms with Crippen LogP contribution in [0, 0.1) is 0 Å². The molecule has 0 aliphatic carbocycles. The highest BCUT2D eigenvalue weighted by atomic mass is 32.2. The van der Waals surface area contributed by atoms with E-state index in [0.717, 1.165) is 11.3 Å². The SMILES string of the molecule is NC(=O)C(c1nccs1)=S(=O)=O. The fourth-order valence-electron chi connectivity index (χ4n) is 0.594. The number of primary amides is 1. The Hall–Kier alpha value is -1.21. The molecular weight excluding hydrogens is 200 g/mol. The summed E-state index contributed by atoms with van der Waals surface area (Å²) in [7, 11) is -2.62. The van der Waals surface area contributed by atoms with Crippen LogP contribution in [0.25, 0.3) is 0 Å². The minimum absolute atomic E-state index is 0.121.